The first-order valence-electron chi connectivity index (χ1n) is 8.70. The Kier molecular flexibility index (Phi) is 7.69. The monoisotopic (exact) mass is 310 g/mol. The number of nitrogens with zero attached hydrogens (tertiary/aromatic N) is 1. The van der Waals surface area contributed by atoms with Crippen LogP contribution in [0.3, 0.4) is 0 Å². The zero-order chi connectivity index (χ0) is 16.6. The van der Waals surface area contributed by atoms with E-state index in [9.17, 15) is 4.79 Å². The van der Waals surface area contributed by atoms with Gasteiger partial charge in [0.05, 0.1) is 12.0 Å². The summed E-state index contributed by atoms with van der Waals surface area (Å²) in [6.07, 6.45) is 6.32. The SMILES string of the molecule is CCNC(=NCC(C)(C)C(=O)NC)NC1CCC(CC)CC1. The predicted molar refractivity (Wildman–Crippen MR) is 93.0 cm³/mol. The van der Waals surface area contributed by atoms with E-state index in [1.165, 1.54) is 32.1 Å². The Hall–Kier alpha value is -1.26. The normalized spacial score (nSPS) is 23.0. The minimum absolute atomic E-state index is 0.0237. The van der Waals surface area contributed by atoms with Crippen LogP contribution in [0.2, 0.25) is 0 Å². The molecule has 1 amide bonds. The summed E-state index contributed by atoms with van der Waals surface area (Å²) in [5.41, 5.74) is -0.489. The van der Waals surface area contributed by atoms with E-state index in [1.807, 2.05) is 13.8 Å². The van der Waals surface area contributed by atoms with Crippen molar-refractivity contribution in [2.24, 2.45) is 16.3 Å². The number of hydrogen-bond acceptors (Lipinski definition) is 2. The molecule has 1 saturated carbocycles. The molecule has 0 aromatic carbocycles. The number of guanidine groups is 1. The highest BCUT2D eigenvalue weighted by atomic mass is 16.2. The fourth-order valence-electron chi connectivity index (χ4n) is 2.92. The molecule has 0 heterocycles. The Labute approximate surface area is 135 Å². The Morgan fingerprint density at radius 3 is 2.32 bits per heavy atom. The second-order valence-corrected chi connectivity index (χ2v) is 6.93. The molecule has 0 radical (unpaired) electrons. The first-order valence-corrected chi connectivity index (χ1v) is 8.70. The number of rotatable bonds is 6. The predicted octanol–water partition coefficient (Wildman–Crippen LogP) is 2.28. The zero-order valence-electron chi connectivity index (χ0n) is 15.0. The lowest BCUT2D eigenvalue weighted by Gasteiger charge is -2.30. The van der Waals surface area contributed by atoms with E-state index < -0.39 is 5.41 Å². The molecule has 0 saturated heterocycles. The van der Waals surface area contributed by atoms with E-state index >= 15 is 0 Å². The number of nitrogens with one attached hydrogen (secondary N) is 3. The summed E-state index contributed by atoms with van der Waals surface area (Å²) in [6.45, 7) is 9.50. The van der Waals surface area contributed by atoms with Crippen molar-refractivity contribution < 1.29 is 4.79 Å². The molecule has 22 heavy (non-hydrogen) atoms. The molecular weight excluding hydrogens is 276 g/mol. The summed E-state index contributed by atoms with van der Waals surface area (Å²) >= 11 is 0. The van der Waals surface area contributed by atoms with Gasteiger partial charge in [-0.1, -0.05) is 13.3 Å². The van der Waals surface area contributed by atoms with Gasteiger partial charge in [-0.2, -0.15) is 0 Å². The van der Waals surface area contributed by atoms with Crippen LogP contribution >= 0.6 is 0 Å². The number of carbonyl (C=O) groups is 1. The summed E-state index contributed by atoms with van der Waals surface area (Å²) in [5, 5.41) is 9.53. The minimum atomic E-state index is -0.489. The third-order valence-electron chi connectivity index (χ3n) is 4.58. The highest BCUT2D eigenvalue weighted by Crippen LogP contribution is 2.26. The van der Waals surface area contributed by atoms with Gasteiger partial charge in [0.1, 0.15) is 0 Å². The van der Waals surface area contributed by atoms with Crippen molar-refractivity contribution in [3.8, 4) is 0 Å². The molecular formula is C17H34N4O. The third kappa shape index (κ3) is 5.85. The first kappa shape index (κ1) is 18.8. The van der Waals surface area contributed by atoms with Gasteiger partial charge in [-0.3, -0.25) is 9.79 Å². The Morgan fingerprint density at radius 2 is 1.82 bits per heavy atom. The van der Waals surface area contributed by atoms with Crippen molar-refractivity contribution in [3.05, 3.63) is 0 Å². The molecule has 1 aliphatic rings. The van der Waals surface area contributed by atoms with Crippen molar-refractivity contribution >= 4 is 11.9 Å². The lowest BCUT2D eigenvalue weighted by Crippen LogP contribution is -2.46. The van der Waals surface area contributed by atoms with Gasteiger partial charge in [-0.25, -0.2) is 0 Å². The lowest BCUT2D eigenvalue weighted by molar-refractivity contribution is -0.128. The molecule has 5 heteroatoms. The molecule has 0 bridgehead atoms. The Morgan fingerprint density at radius 1 is 1.18 bits per heavy atom. The maximum atomic E-state index is 11.8. The average Bonchev–Trinajstić information content (AvgIpc) is 2.52. The largest absolute Gasteiger partial charge is 0.359 e. The first-order chi connectivity index (χ1) is 10.4. The molecule has 1 aliphatic carbocycles. The summed E-state index contributed by atoms with van der Waals surface area (Å²) in [6, 6.07) is 0.503. The quantitative estimate of drug-likeness (QED) is 0.521. The molecule has 0 aromatic heterocycles. The van der Waals surface area contributed by atoms with Gasteiger partial charge in [0.2, 0.25) is 5.91 Å². The maximum absolute atomic E-state index is 11.8. The van der Waals surface area contributed by atoms with Crippen LogP contribution in [0.1, 0.15) is 59.8 Å². The van der Waals surface area contributed by atoms with Crippen molar-refractivity contribution in [2.75, 3.05) is 20.1 Å². The van der Waals surface area contributed by atoms with Crippen molar-refractivity contribution in [2.45, 2.75) is 65.8 Å². The number of hydrogen-bond donors (Lipinski definition) is 3. The van der Waals surface area contributed by atoms with Crippen LogP contribution in [-0.2, 0) is 4.79 Å². The van der Waals surface area contributed by atoms with E-state index in [1.54, 1.807) is 7.05 Å². The van der Waals surface area contributed by atoms with Gasteiger partial charge >= 0.3 is 0 Å². The molecule has 0 spiro atoms. The second-order valence-electron chi connectivity index (χ2n) is 6.93. The summed E-state index contributed by atoms with van der Waals surface area (Å²) in [4.78, 5) is 16.5. The second kappa shape index (κ2) is 9.01. The van der Waals surface area contributed by atoms with Crippen molar-refractivity contribution in [1.29, 1.82) is 0 Å². The Balaban J connectivity index is 2.57. The summed E-state index contributed by atoms with van der Waals surface area (Å²) in [7, 11) is 1.67. The zero-order valence-corrected chi connectivity index (χ0v) is 15.0. The highest BCUT2D eigenvalue weighted by molar-refractivity contribution is 5.83. The molecule has 0 atom stereocenters. The average molecular weight is 310 g/mol. The van der Waals surface area contributed by atoms with Gasteiger partial charge in [-0.05, 0) is 52.4 Å². The van der Waals surface area contributed by atoms with E-state index in [-0.39, 0.29) is 5.91 Å². The minimum Gasteiger partial charge on any atom is -0.359 e. The van der Waals surface area contributed by atoms with E-state index in [4.69, 9.17) is 0 Å². The molecule has 1 rings (SSSR count). The highest BCUT2D eigenvalue weighted by Gasteiger charge is 2.27. The van der Waals surface area contributed by atoms with Crippen LogP contribution in [0.25, 0.3) is 0 Å². The van der Waals surface area contributed by atoms with Crippen LogP contribution in [0.4, 0.5) is 0 Å². The van der Waals surface area contributed by atoms with Crippen molar-refractivity contribution in [1.82, 2.24) is 16.0 Å². The summed E-state index contributed by atoms with van der Waals surface area (Å²) < 4.78 is 0. The molecule has 1 fully saturated rings. The van der Waals surface area contributed by atoms with Gasteiger partial charge in [0.15, 0.2) is 5.96 Å². The van der Waals surface area contributed by atoms with Gasteiger partial charge < -0.3 is 16.0 Å². The van der Waals surface area contributed by atoms with Gasteiger partial charge in [0.25, 0.3) is 0 Å². The number of aliphatic imine (C=N–C) groups is 1. The van der Waals surface area contributed by atoms with E-state index in [2.05, 4.69) is 34.8 Å². The fraction of sp³-hybridized carbons (Fsp3) is 0.882. The molecule has 128 valence electrons. The number of carbonyl (C=O) groups excluding carboxylic acids is 1. The van der Waals surface area contributed by atoms with Crippen LogP contribution < -0.4 is 16.0 Å². The molecule has 5 nitrogen and oxygen atoms in total. The topological polar surface area (TPSA) is 65.5 Å². The third-order valence-corrected chi connectivity index (χ3v) is 4.58. The number of amides is 1. The Bertz CT molecular complexity index is 371. The molecule has 0 aromatic rings. The molecule has 0 unspecified atom stereocenters. The molecule has 3 N–H and O–H groups in total. The van der Waals surface area contributed by atoms with Gasteiger partial charge in [0, 0.05) is 19.6 Å². The van der Waals surface area contributed by atoms with Crippen LogP contribution in [0.5, 0.6) is 0 Å². The standard InChI is InChI=1S/C17H34N4O/c1-6-13-8-10-14(11-9-13)21-16(19-7-2)20-12-17(3,4)15(22)18-5/h13-14H,6-12H2,1-5H3,(H,18,22)(H2,19,20,21). The lowest BCUT2D eigenvalue weighted by atomic mass is 9.84. The van der Waals surface area contributed by atoms with E-state index in [0.29, 0.717) is 12.6 Å². The maximum Gasteiger partial charge on any atom is 0.227 e. The van der Waals surface area contributed by atoms with E-state index in [0.717, 1.165) is 18.4 Å². The fourth-order valence-corrected chi connectivity index (χ4v) is 2.92. The summed E-state index contributed by atoms with van der Waals surface area (Å²) in [5.74, 6) is 1.75. The van der Waals surface area contributed by atoms with Crippen LogP contribution in [0, 0.1) is 11.3 Å². The molecule has 0 aliphatic heterocycles. The van der Waals surface area contributed by atoms with Crippen LogP contribution in [0.15, 0.2) is 4.99 Å². The smallest absolute Gasteiger partial charge is 0.227 e. The van der Waals surface area contributed by atoms with Gasteiger partial charge in [-0.15, -0.1) is 0 Å². The van der Waals surface area contributed by atoms with Crippen LogP contribution in [-0.4, -0.2) is 38.0 Å². The van der Waals surface area contributed by atoms with Crippen molar-refractivity contribution in [3.63, 3.8) is 0 Å².